The molecule has 3 aromatic carbocycles. The average Bonchev–Trinajstić information content (AvgIpc) is 3.25. The van der Waals surface area contributed by atoms with E-state index >= 15 is 0 Å². The number of nitrogens with one attached hydrogen (secondary N) is 1. The number of hydrogen-bond donors (Lipinski definition) is 1. The van der Waals surface area contributed by atoms with Gasteiger partial charge in [0.15, 0.2) is 11.7 Å². The number of fused-ring (bicyclic) bond motifs is 1. The summed E-state index contributed by atoms with van der Waals surface area (Å²) in [4.78, 5) is 29.0. The summed E-state index contributed by atoms with van der Waals surface area (Å²) >= 11 is 1.30. The van der Waals surface area contributed by atoms with Gasteiger partial charge in [-0.3, -0.25) is 10.1 Å². The first-order valence-corrected chi connectivity index (χ1v) is 10.1. The van der Waals surface area contributed by atoms with Gasteiger partial charge in [0, 0.05) is 10.9 Å². The largest absolute Gasteiger partial charge is 0.497 e. The van der Waals surface area contributed by atoms with Gasteiger partial charge in [0.25, 0.3) is 5.91 Å². The second-order valence-electron chi connectivity index (χ2n) is 6.42. The van der Waals surface area contributed by atoms with Gasteiger partial charge in [0.1, 0.15) is 5.75 Å². The highest BCUT2D eigenvalue weighted by Crippen LogP contribution is 2.26. The number of hydrogen-bond acceptors (Lipinski definition) is 6. The molecule has 0 aliphatic carbocycles. The van der Waals surface area contributed by atoms with E-state index in [1.807, 2.05) is 60.0 Å². The smallest absolute Gasteiger partial charge is 0.339 e. The third-order valence-corrected chi connectivity index (χ3v) is 5.24. The number of benzene rings is 3. The van der Waals surface area contributed by atoms with Crippen molar-refractivity contribution in [1.82, 2.24) is 4.98 Å². The molecule has 7 heteroatoms. The zero-order chi connectivity index (χ0) is 20.9. The van der Waals surface area contributed by atoms with E-state index in [1.54, 1.807) is 19.2 Å². The van der Waals surface area contributed by atoms with Gasteiger partial charge < -0.3 is 9.47 Å². The maximum Gasteiger partial charge on any atom is 0.339 e. The first kappa shape index (κ1) is 19.6. The molecule has 0 spiro atoms. The summed E-state index contributed by atoms with van der Waals surface area (Å²) in [6.07, 6.45) is 0. The van der Waals surface area contributed by atoms with Crippen molar-refractivity contribution in [2.45, 2.75) is 0 Å². The van der Waals surface area contributed by atoms with Crippen LogP contribution in [-0.4, -0.2) is 30.6 Å². The fraction of sp³-hybridized carbons (Fsp3) is 0.0870. The van der Waals surface area contributed by atoms with Crippen LogP contribution in [0.1, 0.15) is 10.4 Å². The van der Waals surface area contributed by atoms with Crippen molar-refractivity contribution in [3.63, 3.8) is 0 Å². The van der Waals surface area contributed by atoms with E-state index in [2.05, 4.69) is 10.3 Å². The summed E-state index contributed by atoms with van der Waals surface area (Å²) in [6, 6.07) is 20.4. The normalized spacial score (nSPS) is 10.6. The predicted molar refractivity (Wildman–Crippen MR) is 117 cm³/mol. The van der Waals surface area contributed by atoms with Gasteiger partial charge in [-0.05, 0) is 41.1 Å². The Kier molecular flexibility index (Phi) is 5.72. The van der Waals surface area contributed by atoms with Crippen molar-refractivity contribution in [3.05, 3.63) is 77.7 Å². The van der Waals surface area contributed by atoms with E-state index in [1.165, 1.54) is 11.3 Å². The number of aromatic nitrogens is 1. The third kappa shape index (κ3) is 4.31. The maximum atomic E-state index is 12.4. The molecule has 30 heavy (non-hydrogen) atoms. The molecule has 0 fully saturated rings. The molecule has 0 atom stereocenters. The van der Waals surface area contributed by atoms with Crippen molar-refractivity contribution in [2.75, 3.05) is 19.0 Å². The Bertz CT molecular complexity index is 1200. The lowest BCUT2D eigenvalue weighted by Gasteiger charge is -2.07. The number of rotatable bonds is 6. The summed E-state index contributed by atoms with van der Waals surface area (Å²) in [6.45, 7) is -0.389. The number of amides is 1. The molecule has 0 saturated carbocycles. The molecular formula is C23H18N2O4S. The van der Waals surface area contributed by atoms with Gasteiger partial charge in [-0.2, -0.15) is 0 Å². The fourth-order valence-corrected chi connectivity index (χ4v) is 3.73. The van der Waals surface area contributed by atoms with Crippen molar-refractivity contribution in [1.29, 1.82) is 0 Å². The number of ether oxygens (including phenoxy) is 2. The van der Waals surface area contributed by atoms with Gasteiger partial charge in [-0.15, -0.1) is 11.3 Å². The molecule has 0 radical (unpaired) electrons. The number of thiazole rings is 1. The van der Waals surface area contributed by atoms with E-state index in [-0.39, 0.29) is 6.61 Å². The molecule has 6 nitrogen and oxygen atoms in total. The van der Waals surface area contributed by atoms with Crippen LogP contribution in [0.4, 0.5) is 5.13 Å². The highest BCUT2D eigenvalue weighted by atomic mass is 32.1. The number of carbonyl (C=O) groups excluding carboxylic acids is 2. The van der Waals surface area contributed by atoms with Gasteiger partial charge in [0.2, 0.25) is 0 Å². The highest BCUT2D eigenvalue weighted by molar-refractivity contribution is 7.14. The summed E-state index contributed by atoms with van der Waals surface area (Å²) < 4.78 is 10.3. The maximum absolute atomic E-state index is 12.4. The Hall–Kier alpha value is -3.71. The van der Waals surface area contributed by atoms with E-state index in [9.17, 15) is 9.59 Å². The number of methoxy groups -OCH3 is 1. The molecule has 1 amide bonds. The lowest BCUT2D eigenvalue weighted by atomic mass is 10.1. The van der Waals surface area contributed by atoms with Gasteiger partial charge in [-0.25, -0.2) is 9.78 Å². The molecule has 1 N–H and O–H groups in total. The van der Waals surface area contributed by atoms with Crippen LogP contribution >= 0.6 is 11.3 Å². The average molecular weight is 418 g/mol. The van der Waals surface area contributed by atoms with E-state index in [0.29, 0.717) is 10.7 Å². The lowest BCUT2D eigenvalue weighted by Crippen LogP contribution is -2.21. The molecule has 0 saturated heterocycles. The minimum atomic E-state index is -0.542. The first-order chi connectivity index (χ1) is 14.6. The Morgan fingerprint density at radius 1 is 1.00 bits per heavy atom. The monoisotopic (exact) mass is 418 g/mol. The molecular weight excluding hydrogens is 400 g/mol. The van der Waals surface area contributed by atoms with Crippen LogP contribution in [0.5, 0.6) is 5.75 Å². The molecule has 0 unspecified atom stereocenters. The van der Waals surface area contributed by atoms with Crippen LogP contribution < -0.4 is 10.1 Å². The molecule has 1 aromatic heterocycles. The third-order valence-electron chi connectivity index (χ3n) is 4.48. The van der Waals surface area contributed by atoms with Crippen LogP contribution in [0.15, 0.2) is 72.1 Å². The van der Waals surface area contributed by atoms with Crippen LogP contribution in [0.2, 0.25) is 0 Å². The molecule has 0 bridgehead atoms. The summed E-state index contributed by atoms with van der Waals surface area (Å²) in [7, 11) is 1.61. The minimum Gasteiger partial charge on any atom is -0.497 e. The molecule has 4 aromatic rings. The number of nitrogens with zero attached hydrogens (tertiary/aromatic N) is 1. The molecule has 4 rings (SSSR count). The van der Waals surface area contributed by atoms with E-state index in [4.69, 9.17) is 9.47 Å². The standard InChI is InChI=1S/C23H18N2O4S/c1-28-17-11-9-16(10-12-17)20-14-30-23(24-20)25-21(26)13-29-22(27)19-8-4-6-15-5-2-3-7-18(15)19/h2-12,14H,13H2,1H3,(H,24,25,26). The molecule has 0 aliphatic rings. The predicted octanol–water partition coefficient (Wildman–Crippen LogP) is 4.77. The molecule has 0 aliphatic heterocycles. The number of carbonyl (C=O) groups is 2. The second-order valence-corrected chi connectivity index (χ2v) is 7.28. The van der Waals surface area contributed by atoms with Crippen molar-refractivity contribution < 1.29 is 19.1 Å². The Morgan fingerprint density at radius 3 is 2.57 bits per heavy atom. The summed E-state index contributed by atoms with van der Waals surface area (Å²) in [5.41, 5.74) is 2.08. The summed E-state index contributed by atoms with van der Waals surface area (Å²) in [5, 5.41) is 6.67. The van der Waals surface area contributed by atoms with Gasteiger partial charge in [-0.1, -0.05) is 36.4 Å². The van der Waals surface area contributed by atoms with Crippen LogP contribution in [0, 0.1) is 0 Å². The fourth-order valence-electron chi connectivity index (χ4n) is 2.99. The molecule has 150 valence electrons. The minimum absolute atomic E-state index is 0.389. The van der Waals surface area contributed by atoms with Crippen LogP contribution in [-0.2, 0) is 9.53 Å². The number of anilines is 1. The number of esters is 1. The Labute approximate surface area is 177 Å². The quantitative estimate of drug-likeness (QED) is 0.457. The second kappa shape index (κ2) is 8.75. The first-order valence-electron chi connectivity index (χ1n) is 9.19. The highest BCUT2D eigenvalue weighted by Gasteiger charge is 2.14. The SMILES string of the molecule is COc1ccc(-c2csc(NC(=O)COC(=O)c3cccc4ccccc34)n2)cc1. The van der Waals surface area contributed by atoms with Crippen molar-refractivity contribution in [2.24, 2.45) is 0 Å². The van der Waals surface area contributed by atoms with Gasteiger partial charge in [0.05, 0.1) is 18.4 Å². The summed E-state index contributed by atoms with van der Waals surface area (Å²) in [5.74, 6) is -0.227. The zero-order valence-corrected chi connectivity index (χ0v) is 16.9. The van der Waals surface area contributed by atoms with Crippen LogP contribution in [0.3, 0.4) is 0 Å². The van der Waals surface area contributed by atoms with Crippen molar-refractivity contribution >= 4 is 39.1 Å². The topological polar surface area (TPSA) is 77.5 Å². The van der Waals surface area contributed by atoms with Crippen molar-refractivity contribution in [3.8, 4) is 17.0 Å². The van der Waals surface area contributed by atoms with E-state index in [0.717, 1.165) is 27.8 Å². The zero-order valence-electron chi connectivity index (χ0n) is 16.1. The Morgan fingerprint density at radius 2 is 1.77 bits per heavy atom. The lowest BCUT2D eigenvalue weighted by molar-refractivity contribution is -0.119. The van der Waals surface area contributed by atoms with E-state index < -0.39 is 11.9 Å². The van der Waals surface area contributed by atoms with Gasteiger partial charge >= 0.3 is 5.97 Å². The Balaban J connectivity index is 1.37. The van der Waals surface area contributed by atoms with Crippen LogP contribution in [0.25, 0.3) is 22.0 Å². The molecule has 1 heterocycles.